The van der Waals surface area contributed by atoms with Crippen molar-refractivity contribution in [3.63, 3.8) is 0 Å². The first-order valence-corrected chi connectivity index (χ1v) is 4.26. The number of benzene rings is 1. The Morgan fingerprint density at radius 3 is 2.36 bits per heavy atom. The molecule has 0 radical (unpaired) electrons. The Balaban J connectivity index is 2.16. The summed E-state index contributed by atoms with van der Waals surface area (Å²) in [6, 6.07) is 13.3. The van der Waals surface area contributed by atoms with Crippen LogP contribution in [0.3, 0.4) is 0 Å². The lowest BCUT2D eigenvalue weighted by Gasteiger charge is -2.03. The SMILES string of the molecule is Nc1ccc(Nc2ccccc2)nn1. The van der Waals surface area contributed by atoms with Crippen molar-refractivity contribution in [3.05, 3.63) is 42.5 Å². The fourth-order valence-corrected chi connectivity index (χ4v) is 1.08. The highest BCUT2D eigenvalue weighted by Crippen LogP contribution is 2.12. The number of hydrogen-bond donors (Lipinski definition) is 2. The Kier molecular flexibility index (Phi) is 2.27. The third-order valence-corrected chi connectivity index (χ3v) is 1.73. The molecule has 0 aliphatic rings. The third-order valence-electron chi connectivity index (χ3n) is 1.73. The van der Waals surface area contributed by atoms with Crippen LogP contribution in [-0.2, 0) is 0 Å². The monoisotopic (exact) mass is 186 g/mol. The number of nitrogens with one attached hydrogen (secondary N) is 1. The number of nitrogens with zero attached hydrogens (tertiary/aromatic N) is 2. The van der Waals surface area contributed by atoms with Crippen LogP contribution in [0.4, 0.5) is 17.3 Å². The Labute approximate surface area is 81.8 Å². The van der Waals surface area contributed by atoms with Crippen LogP contribution in [0, 0.1) is 0 Å². The zero-order chi connectivity index (χ0) is 9.80. The molecular weight excluding hydrogens is 176 g/mol. The van der Waals surface area contributed by atoms with Gasteiger partial charge in [-0.1, -0.05) is 18.2 Å². The molecule has 70 valence electrons. The molecule has 14 heavy (non-hydrogen) atoms. The Morgan fingerprint density at radius 2 is 1.71 bits per heavy atom. The van der Waals surface area contributed by atoms with E-state index in [1.54, 1.807) is 12.1 Å². The zero-order valence-electron chi connectivity index (χ0n) is 7.51. The molecule has 1 aromatic heterocycles. The minimum absolute atomic E-state index is 0.420. The molecule has 0 aliphatic heterocycles. The molecular formula is C10H10N4. The van der Waals surface area contributed by atoms with Gasteiger partial charge in [0.1, 0.15) is 5.82 Å². The molecule has 0 saturated carbocycles. The van der Waals surface area contributed by atoms with Gasteiger partial charge in [-0.05, 0) is 24.3 Å². The lowest BCUT2D eigenvalue weighted by molar-refractivity contribution is 1.05. The van der Waals surface area contributed by atoms with E-state index >= 15 is 0 Å². The summed E-state index contributed by atoms with van der Waals surface area (Å²) in [5.41, 5.74) is 6.40. The average molecular weight is 186 g/mol. The van der Waals surface area contributed by atoms with Crippen LogP contribution in [-0.4, -0.2) is 10.2 Å². The minimum atomic E-state index is 0.420. The molecule has 3 N–H and O–H groups in total. The fraction of sp³-hybridized carbons (Fsp3) is 0. The van der Waals surface area contributed by atoms with Crippen LogP contribution < -0.4 is 11.1 Å². The number of nitrogens with two attached hydrogens (primary N) is 1. The van der Waals surface area contributed by atoms with Crippen molar-refractivity contribution in [3.8, 4) is 0 Å². The summed E-state index contributed by atoms with van der Waals surface area (Å²) in [4.78, 5) is 0. The summed E-state index contributed by atoms with van der Waals surface area (Å²) in [6.07, 6.45) is 0. The highest BCUT2D eigenvalue weighted by Gasteiger charge is 1.94. The van der Waals surface area contributed by atoms with Crippen LogP contribution in [0.15, 0.2) is 42.5 Å². The summed E-state index contributed by atoms with van der Waals surface area (Å²) in [7, 11) is 0. The maximum absolute atomic E-state index is 5.42. The smallest absolute Gasteiger partial charge is 0.153 e. The number of rotatable bonds is 2. The van der Waals surface area contributed by atoms with Crippen molar-refractivity contribution in [2.75, 3.05) is 11.1 Å². The maximum Gasteiger partial charge on any atom is 0.153 e. The van der Waals surface area contributed by atoms with Crippen LogP contribution in [0.25, 0.3) is 0 Å². The molecule has 0 aliphatic carbocycles. The molecule has 1 aromatic carbocycles. The van der Waals surface area contributed by atoms with Crippen molar-refractivity contribution >= 4 is 17.3 Å². The molecule has 0 atom stereocenters. The van der Waals surface area contributed by atoms with E-state index in [9.17, 15) is 0 Å². The van der Waals surface area contributed by atoms with Crippen molar-refractivity contribution in [1.29, 1.82) is 0 Å². The van der Waals surface area contributed by atoms with E-state index in [0.29, 0.717) is 11.6 Å². The minimum Gasteiger partial charge on any atom is -0.382 e. The van der Waals surface area contributed by atoms with Gasteiger partial charge in [-0.25, -0.2) is 0 Å². The maximum atomic E-state index is 5.42. The third kappa shape index (κ3) is 1.98. The van der Waals surface area contributed by atoms with E-state index in [4.69, 9.17) is 5.73 Å². The molecule has 0 amide bonds. The topological polar surface area (TPSA) is 63.8 Å². The Morgan fingerprint density at radius 1 is 0.929 bits per heavy atom. The summed E-state index contributed by atoms with van der Waals surface area (Å²) in [5, 5.41) is 10.7. The summed E-state index contributed by atoms with van der Waals surface area (Å²) in [6.45, 7) is 0. The molecule has 4 heteroatoms. The van der Waals surface area contributed by atoms with Crippen LogP contribution >= 0.6 is 0 Å². The molecule has 2 aromatic rings. The lowest BCUT2D eigenvalue weighted by Crippen LogP contribution is -1.97. The van der Waals surface area contributed by atoms with Crippen LogP contribution in [0.1, 0.15) is 0 Å². The molecule has 0 bridgehead atoms. The summed E-state index contributed by atoms with van der Waals surface area (Å²) < 4.78 is 0. The van der Waals surface area contributed by atoms with E-state index < -0.39 is 0 Å². The quantitative estimate of drug-likeness (QED) is 0.750. The molecule has 1 heterocycles. The van der Waals surface area contributed by atoms with Gasteiger partial charge >= 0.3 is 0 Å². The van der Waals surface area contributed by atoms with E-state index in [0.717, 1.165) is 5.69 Å². The first kappa shape index (κ1) is 8.50. The average Bonchev–Trinajstić information content (AvgIpc) is 2.23. The highest BCUT2D eigenvalue weighted by molar-refractivity contribution is 5.55. The number of aromatic nitrogens is 2. The number of para-hydroxylation sites is 1. The van der Waals surface area contributed by atoms with Gasteiger partial charge in [-0.3, -0.25) is 0 Å². The van der Waals surface area contributed by atoms with Gasteiger partial charge in [0, 0.05) is 5.69 Å². The predicted molar refractivity (Wildman–Crippen MR) is 56.2 cm³/mol. The summed E-state index contributed by atoms with van der Waals surface area (Å²) in [5.74, 6) is 1.11. The molecule has 0 unspecified atom stereocenters. The number of nitrogen functional groups attached to an aromatic ring is 1. The number of anilines is 3. The predicted octanol–water partition coefficient (Wildman–Crippen LogP) is 1.80. The molecule has 0 fully saturated rings. The fourth-order valence-electron chi connectivity index (χ4n) is 1.08. The van der Waals surface area contributed by atoms with Crippen LogP contribution in [0.2, 0.25) is 0 Å². The van der Waals surface area contributed by atoms with E-state index in [1.807, 2.05) is 30.3 Å². The van der Waals surface area contributed by atoms with E-state index in [1.165, 1.54) is 0 Å². The molecule has 0 spiro atoms. The van der Waals surface area contributed by atoms with Gasteiger partial charge in [-0.15, -0.1) is 10.2 Å². The lowest BCUT2D eigenvalue weighted by atomic mass is 10.3. The second-order valence-corrected chi connectivity index (χ2v) is 2.83. The Hall–Kier alpha value is -2.10. The van der Waals surface area contributed by atoms with Gasteiger partial charge < -0.3 is 11.1 Å². The second kappa shape index (κ2) is 3.74. The van der Waals surface area contributed by atoms with Gasteiger partial charge in [0.15, 0.2) is 5.82 Å². The largest absolute Gasteiger partial charge is 0.382 e. The Bertz CT molecular complexity index is 396. The van der Waals surface area contributed by atoms with Gasteiger partial charge in [0.25, 0.3) is 0 Å². The first-order chi connectivity index (χ1) is 6.84. The van der Waals surface area contributed by atoms with Crippen molar-refractivity contribution < 1.29 is 0 Å². The van der Waals surface area contributed by atoms with Crippen LogP contribution in [0.5, 0.6) is 0 Å². The van der Waals surface area contributed by atoms with Crippen molar-refractivity contribution in [2.45, 2.75) is 0 Å². The van der Waals surface area contributed by atoms with Gasteiger partial charge in [0.05, 0.1) is 0 Å². The molecule has 0 saturated heterocycles. The van der Waals surface area contributed by atoms with Crippen molar-refractivity contribution in [1.82, 2.24) is 10.2 Å². The van der Waals surface area contributed by atoms with Crippen molar-refractivity contribution in [2.24, 2.45) is 0 Å². The second-order valence-electron chi connectivity index (χ2n) is 2.83. The standard InChI is InChI=1S/C10H10N4/c11-9-6-7-10(14-13-9)12-8-4-2-1-3-5-8/h1-7H,(H2,11,13)(H,12,14). The number of hydrogen-bond acceptors (Lipinski definition) is 4. The first-order valence-electron chi connectivity index (χ1n) is 4.26. The highest BCUT2D eigenvalue weighted by atomic mass is 15.2. The van der Waals surface area contributed by atoms with Gasteiger partial charge in [0.2, 0.25) is 0 Å². The normalized spacial score (nSPS) is 9.71. The van der Waals surface area contributed by atoms with E-state index in [2.05, 4.69) is 15.5 Å². The summed E-state index contributed by atoms with van der Waals surface area (Å²) >= 11 is 0. The zero-order valence-corrected chi connectivity index (χ0v) is 7.51. The molecule has 4 nitrogen and oxygen atoms in total. The van der Waals surface area contributed by atoms with E-state index in [-0.39, 0.29) is 0 Å². The molecule has 2 rings (SSSR count). The van der Waals surface area contributed by atoms with Gasteiger partial charge in [-0.2, -0.15) is 0 Å².